The van der Waals surface area contributed by atoms with E-state index in [1.807, 2.05) is 36.4 Å². The summed E-state index contributed by atoms with van der Waals surface area (Å²) in [6.07, 6.45) is 2.36. The van der Waals surface area contributed by atoms with E-state index in [4.69, 9.17) is 4.74 Å². The zero-order chi connectivity index (χ0) is 20.8. The second-order valence-corrected chi connectivity index (χ2v) is 7.49. The number of carbonyl (C=O) groups excluding carboxylic acids is 3. The van der Waals surface area contributed by atoms with Crippen LogP contribution in [0.15, 0.2) is 48.7 Å². The van der Waals surface area contributed by atoms with Crippen molar-refractivity contribution in [1.82, 2.24) is 15.2 Å². The second-order valence-electron chi connectivity index (χ2n) is 7.49. The van der Waals surface area contributed by atoms with Crippen molar-refractivity contribution in [2.24, 2.45) is 0 Å². The minimum absolute atomic E-state index is 0.184. The third-order valence-corrected chi connectivity index (χ3v) is 5.79. The van der Waals surface area contributed by atoms with Crippen molar-refractivity contribution in [3.05, 3.63) is 59.8 Å². The third-order valence-electron chi connectivity index (χ3n) is 5.79. The molecule has 30 heavy (non-hydrogen) atoms. The zero-order valence-corrected chi connectivity index (χ0v) is 16.3. The van der Waals surface area contributed by atoms with Crippen molar-refractivity contribution in [2.45, 2.75) is 25.4 Å². The third kappa shape index (κ3) is 2.82. The van der Waals surface area contributed by atoms with Crippen molar-refractivity contribution < 1.29 is 19.1 Å². The largest absolute Gasteiger partial charge is 0.494 e. The van der Waals surface area contributed by atoms with Crippen molar-refractivity contribution >= 4 is 28.6 Å². The fraction of sp³-hybridized carbons (Fsp3) is 0.217. The highest BCUT2D eigenvalue weighted by atomic mass is 16.5. The molecule has 1 fully saturated rings. The van der Waals surface area contributed by atoms with Crippen LogP contribution in [0.5, 0.6) is 5.75 Å². The van der Waals surface area contributed by atoms with E-state index >= 15 is 0 Å². The van der Waals surface area contributed by atoms with Gasteiger partial charge in [0.1, 0.15) is 17.3 Å². The summed E-state index contributed by atoms with van der Waals surface area (Å²) in [5.74, 6) is -0.180. The molecule has 5 rings (SSSR count). The van der Waals surface area contributed by atoms with E-state index in [0.717, 1.165) is 27.6 Å². The van der Waals surface area contributed by atoms with Gasteiger partial charge in [-0.1, -0.05) is 24.3 Å². The Kier molecular flexibility index (Phi) is 4.24. The van der Waals surface area contributed by atoms with Gasteiger partial charge in [0.25, 0.3) is 5.91 Å². The number of benzene rings is 2. The molecule has 150 valence electrons. The lowest BCUT2D eigenvalue weighted by atomic mass is 9.97. The van der Waals surface area contributed by atoms with Crippen LogP contribution in [0.3, 0.4) is 0 Å². The van der Waals surface area contributed by atoms with Crippen LogP contribution in [0.2, 0.25) is 0 Å². The number of rotatable bonds is 3. The van der Waals surface area contributed by atoms with E-state index in [1.165, 1.54) is 0 Å². The first-order valence-electron chi connectivity index (χ1n) is 9.76. The predicted octanol–water partition coefficient (Wildman–Crippen LogP) is 2.67. The Morgan fingerprint density at radius 1 is 1.10 bits per heavy atom. The number of imide groups is 1. The number of hydrogen-bond acceptors (Lipinski definition) is 5. The second kappa shape index (κ2) is 6.95. The summed E-state index contributed by atoms with van der Waals surface area (Å²) in [6.45, 7) is 0.326. The number of fused-ring (bicyclic) bond motifs is 2. The average molecular weight is 401 g/mol. The Bertz CT molecular complexity index is 1220. The number of ether oxygens (including phenoxy) is 1. The van der Waals surface area contributed by atoms with E-state index in [9.17, 15) is 14.4 Å². The lowest BCUT2D eigenvalue weighted by Gasteiger charge is -2.29. The van der Waals surface area contributed by atoms with Crippen LogP contribution in [0.1, 0.15) is 28.8 Å². The topological polar surface area (TPSA) is 88.6 Å². The molecule has 1 saturated heterocycles. The van der Waals surface area contributed by atoms with Crippen LogP contribution < -0.4 is 10.1 Å². The van der Waals surface area contributed by atoms with E-state index in [-0.39, 0.29) is 18.2 Å². The van der Waals surface area contributed by atoms with Crippen LogP contribution >= 0.6 is 0 Å². The van der Waals surface area contributed by atoms with Crippen LogP contribution in [-0.2, 0) is 16.1 Å². The number of hydrogen-bond donors (Lipinski definition) is 1. The zero-order valence-electron chi connectivity index (χ0n) is 16.3. The van der Waals surface area contributed by atoms with E-state index in [1.54, 1.807) is 24.3 Å². The molecule has 2 aromatic carbocycles. The molecule has 1 atom stereocenters. The molecule has 7 heteroatoms. The molecule has 1 N–H and O–H groups in total. The molecular formula is C23H19N3O4. The van der Waals surface area contributed by atoms with Gasteiger partial charge < -0.3 is 9.64 Å². The molecular weight excluding hydrogens is 382 g/mol. The van der Waals surface area contributed by atoms with Gasteiger partial charge in [0, 0.05) is 35.7 Å². The Morgan fingerprint density at radius 3 is 2.70 bits per heavy atom. The lowest BCUT2D eigenvalue weighted by molar-refractivity contribution is -0.136. The quantitative estimate of drug-likeness (QED) is 0.682. The first kappa shape index (κ1) is 18.3. The number of piperidine rings is 1. The van der Waals surface area contributed by atoms with Gasteiger partial charge in [-0.05, 0) is 35.7 Å². The molecule has 3 aromatic rings. The minimum Gasteiger partial charge on any atom is -0.494 e. The number of aromatic nitrogens is 1. The Hall–Kier alpha value is -3.74. The Balaban J connectivity index is 1.54. The van der Waals surface area contributed by atoms with Gasteiger partial charge in [-0.3, -0.25) is 24.7 Å². The summed E-state index contributed by atoms with van der Waals surface area (Å²) in [4.78, 5) is 42.9. The molecule has 0 bridgehead atoms. The summed E-state index contributed by atoms with van der Waals surface area (Å²) < 4.78 is 5.38. The van der Waals surface area contributed by atoms with Crippen LogP contribution in [0, 0.1) is 0 Å². The molecule has 0 saturated carbocycles. The lowest BCUT2D eigenvalue weighted by Crippen LogP contribution is -2.52. The van der Waals surface area contributed by atoms with Gasteiger partial charge >= 0.3 is 0 Å². The fourth-order valence-corrected chi connectivity index (χ4v) is 4.30. The van der Waals surface area contributed by atoms with E-state index in [0.29, 0.717) is 24.3 Å². The molecule has 0 spiro atoms. The van der Waals surface area contributed by atoms with Gasteiger partial charge in [-0.2, -0.15) is 0 Å². The summed E-state index contributed by atoms with van der Waals surface area (Å²) in [6, 6.07) is 12.7. The van der Waals surface area contributed by atoms with Gasteiger partial charge in [-0.25, -0.2) is 0 Å². The highest BCUT2D eigenvalue weighted by molar-refractivity contribution is 6.06. The van der Waals surface area contributed by atoms with Crippen molar-refractivity contribution in [2.75, 3.05) is 7.11 Å². The molecule has 2 aliphatic heterocycles. The van der Waals surface area contributed by atoms with Crippen molar-refractivity contribution in [3.8, 4) is 16.9 Å². The molecule has 1 unspecified atom stereocenters. The standard InChI is InChI=1S/C23H19N3O4/c1-30-19-7-2-4-13-10-14(11-24-21(13)19)15-5-3-6-16-17(15)12-26(23(16)29)18-8-9-20(27)25-22(18)28/h2-7,10-11,18H,8-9,12H2,1H3,(H,25,27,28). The number of nitrogens with zero attached hydrogens (tertiary/aromatic N) is 2. The molecule has 2 aliphatic rings. The van der Waals surface area contributed by atoms with Gasteiger partial charge in [0.2, 0.25) is 11.8 Å². The Labute approximate surface area is 172 Å². The summed E-state index contributed by atoms with van der Waals surface area (Å²) in [7, 11) is 1.61. The number of carbonyl (C=O) groups is 3. The van der Waals surface area contributed by atoms with Gasteiger partial charge in [-0.15, -0.1) is 0 Å². The van der Waals surface area contributed by atoms with E-state index < -0.39 is 11.9 Å². The number of para-hydroxylation sites is 1. The molecule has 7 nitrogen and oxygen atoms in total. The number of nitrogens with one attached hydrogen (secondary N) is 1. The van der Waals surface area contributed by atoms with Crippen molar-refractivity contribution in [3.63, 3.8) is 0 Å². The maximum atomic E-state index is 13.0. The SMILES string of the molecule is COc1cccc2cc(-c3cccc4c3CN(C3CCC(=O)NC3=O)C4=O)cnc12. The van der Waals surface area contributed by atoms with Gasteiger partial charge in [0.15, 0.2) is 0 Å². The first-order chi connectivity index (χ1) is 14.6. The number of pyridine rings is 1. The summed E-state index contributed by atoms with van der Waals surface area (Å²) in [5.41, 5.74) is 4.04. The minimum atomic E-state index is -0.630. The van der Waals surface area contributed by atoms with E-state index in [2.05, 4.69) is 10.3 Å². The predicted molar refractivity (Wildman–Crippen MR) is 110 cm³/mol. The Morgan fingerprint density at radius 2 is 1.90 bits per heavy atom. The van der Waals surface area contributed by atoms with Crippen LogP contribution in [0.25, 0.3) is 22.0 Å². The van der Waals surface area contributed by atoms with Gasteiger partial charge in [0.05, 0.1) is 7.11 Å². The molecule has 3 amide bonds. The fourth-order valence-electron chi connectivity index (χ4n) is 4.30. The highest BCUT2D eigenvalue weighted by Gasteiger charge is 2.39. The van der Waals surface area contributed by atoms with Crippen LogP contribution in [0.4, 0.5) is 0 Å². The summed E-state index contributed by atoms with van der Waals surface area (Å²) >= 11 is 0. The number of amides is 3. The maximum absolute atomic E-state index is 13.0. The van der Waals surface area contributed by atoms with Crippen molar-refractivity contribution in [1.29, 1.82) is 0 Å². The molecule has 1 aromatic heterocycles. The first-order valence-corrected chi connectivity index (χ1v) is 9.76. The smallest absolute Gasteiger partial charge is 0.255 e. The average Bonchev–Trinajstić information content (AvgIpc) is 3.09. The molecule has 0 aliphatic carbocycles. The molecule has 0 radical (unpaired) electrons. The maximum Gasteiger partial charge on any atom is 0.255 e. The highest BCUT2D eigenvalue weighted by Crippen LogP contribution is 2.36. The molecule has 3 heterocycles. The summed E-state index contributed by atoms with van der Waals surface area (Å²) in [5, 5.41) is 3.28. The number of methoxy groups -OCH3 is 1. The van der Waals surface area contributed by atoms with Crippen LogP contribution in [-0.4, -0.2) is 40.8 Å². The monoisotopic (exact) mass is 401 g/mol. The normalized spacial score (nSPS) is 18.5.